The largest absolute Gasteiger partial charge is 0.462 e. The van der Waals surface area contributed by atoms with Crippen LogP contribution in [0.5, 0.6) is 6.01 Å². The normalized spacial score (nSPS) is 23.8. The van der Waals surface area contributed by atoms with E-state index in [4.69, 9.17) is 14.7 Å². The molecule has 0 saturated carbocycles. The molecule has 2 aromatic carbocycles. The third-order valence-electron chi connectivity index (χ3n) is 8.57. The zero-order chi connectivity index (χ0) is 26.7. The van der Waals surface area contributed by atoms with Gasteiger partial charge in [0, 0.05) is 59.3 Å². The van der Waals surface area contributed by atoms with Gasteiger partial charge in [-0.25, -0.2) is 0 Å². The minimum absolute atomic E-state index is 0.165. The molecule has 3 fully saturated rings. The predicted octanol–water partition coefficient (Wildman–Crippen LogP) is 5.21. The number of aromatic nitrogens is 3. The van der Waals surface area contributed by atoms with Crippen molar-refractivity contribution in [2.45, 2.75) is 50.0 Å². The van der Waals surface area contributed by atoms with Crippen molar-refractivity contribution < 1.29 is 17.9 Å². The van der Waals surface area contributed by atoms with Gasteiger partial charge < -0.3 is 24.8 Å². The van der Waals surface area contributed by atoms with Crippen LogP contribution in [0, 0.1) is 0 Å². The Labute approximate surface area is 224 Å². The van der Waals surface area contributed by atoms with Gasteiger partial charge in [-0.2, -0.15) is 23.1 Å². The number of nitrogens with zero attached hydrogens (tertiary/aromatic N) is 4. The number of benzene rings is 2. The molecule has 0 unspecified atom stereocenters. The van der Waals surface area contributed by atoms with E-state index in [9.17, 15) is 13.2 Å². The number of alkyl halides is 3. The molecule has 0 amide bonds. The summed E-state index contributed by atoms with van der Waals surface area (Å²) in [6, 6.07) is 11.4. The summed E-state index contributed by atoms with van der Waals surface area (Å²) in [6.45, 7) is 3.26. The van der Waals surface area contributed by atoms with Gasteiger partial charge in [-0.15, -0.1) is 0 Å². The first-order valence-corrected chi connectivity index (χ1v) is 13.7. The van der Waals surface area contributed by atoms with Crippen molar-refractivity contribution in [1.29, 1.82) is 0 Å². The van der Waals surface area contributed by atoms with Crippen LogP contribution in [0.2, 0.25) is 0 Å². The number of fused-ring (bicyclic) bond motifs is 4. The van der Waals surface area contributed by atoms with Crippen molar-refractivity contribution in [3.8, 4) is 17.1 Å². The van der Waals surface area contributed by atoms with Crippen molar-refractivity contribution in [3.63, 3.8) is 0 Å². The molecule has 3 atom stereocenters. The Balaban J connectivity index is 1.32. The van der Waals surface area contributed by atoms with Gasteiger partial charge in [0.25, 0.3) is 0 Å². The van der Waals surface area contributed by atoms with Gasteiger partial charge in [-0.05, 0) is 69.1 Å². The molecule has 10 heteroatoms. The maximum atomic E-state index is 13.9. The Bertz CT molecular complexity index is 1520. The molecular formula is C29H31F3N6O. The summed E-state index contributed by atoms with van der Waals surface area (Å²) in [7, 11) is 2.10. The van der Waals surface area contributed by atoms with E-state index in [1.165, 1.54) is 6.07 Å². The zero-order valence-electron chi connectivity index (χ0n) is 21.8. The number of rotatable bonds is 5. The van der Waals surface area contributed by atoms with E-state index in [2.05, 4.69) is 27.1 Å². The fourth-order valence-electron chi connectivity index (χ4n) is 6.54. The quantitative estimate of drug-likeness (QED) is 0.365. The first kappa shape index (κ1) is 24.7. The molecule has 5 heterocycles. The van der Waals surface area contributed by atoms with Crippen LogP contribution in [0.1, 0.15) is 31.2 Å². The second-order valence-electron chi connectivity index (χ2n) is 11.1. The van der Waals surface area contributed by atoms with Crippen LogP contribution in [0.4, 0.5) is 19.0 Å². The molecule has 3 saturated heterocycles. The molecule has 4 aromatic rings. The summed E-state index contributed by atoms with van der Waals surface area (Å²) in [5.41, 5.74) is 1.62. The van der Waals surface area contributed by atoms with Crippen molar-refractivity contribution in [2.75, 3.05) is 38.2 Å². The molecule has 7 nitrogen and oxygen atoms in total. The Morgan fingerprint density at radius 2 is 1.87 bits per heavy atom. The van der Waals surface area contributed by atoms with Crippen LogP contribution in [-0.2, 0) is 6.18 Å². The molecule has 0 spiro atoms. The summed E-state index contributed by atoms with van der Waals surface area (Å²) >= 11 is 0. The fourth-order valence-corrected chi connectivity index (χ4v) is 6.54. The minimum atomic E-state index is -4.46. The van der Waals surface area contributed by atoms with Gasteiger partial charge in [-0.1, -0.05) is 12.1 Å². The molecule has 39 heavy (non-hydrogen) atoms. The molecule has 2 aromatic heterocycles. The van der Waals surface area contributed by atoms with Crippen LogP contribution in [0.3, 0.4) is 0 Å². The molecule has 3 aliphatic rings. The van der Waals surface area contributed by atoms with E-state index >= 15 is 0 Å². The topological polar surface area (TPSA) is 69.3 Å². The van der Waals surface area contributed by atoms with Gasteiger partial charge >= 0.3 is 12.2 Å². The molecule has 2 bridgehead atoms. The van der Waals surface area contributed by atoms with Crippen LogP contribution >= 0.6 is 0 Å². The third kappa shape index (κ3) is 4.49. The highest BCUT2D eigenvalue weighted by atomic mass is 19.4. The summed E-state index contributed by atoms with van der Waals surface area (Å²) in [4.78, 5) is 17.3. The minimum Gasteiger partial charge on any atom is -0.462 e. The fraction of sp³-hybridized carbons (Fsp3) is 0.448. The molecule has 2 N–H and O–H groups in total. The lowest BCUT2D eigenvalue weighted by atomic mass is 9.99. The van der Waals surface area contributed by atoms with Gasteiger partial charge in [-0.3, -0.25) is 0 Å². The standard InChI is InChI=1S/C29H31F3N6O/c1-37-11-3-4-20(37)16-39-28-35-25-12-17(22-13-33-24-6-2-5-23(26(22)24)29(30,31)32)7-10-21(25)27(36-28)38-14-18-8-9-19(15-38)34-18/h2,5-7,10,12-13,18-20,33-34H,3-4,8-9,11,14-16H2,1H3/t18-,19+,20-/m0/s1. The van der Waals surface area contributed by atoms with E-state index in [1.54, 1.807) is 12.3 Å². The second-order valence-corrected chi connectivity index (χ2v) is 11.1. The summed E-state index contributed by atoms with van der Waals surface area (Å²) in [5.74, 6) is 0.828. The second kappa shape index (κ2) is 9.38. The number of hydrogen-bond acceptors (Lipinski definition) is 6. The van der Waals surface area contributed by atoms with Gasteiger partial charge in [0.05, 0.1) is 11.1 Å². The van der Waals surface area contributed by atoms with Crippen LogP contribution in [-0.4, -0.2) is 71.3 Å². The van der Waals surface area contributed by atoms with Gasteiger partial charge in [0.2, 0.25) is 0 Å². The number of likely N-dealkylation sites (tertiary alicyclic amines) is 1. The van der Waals surface area contributed by atoms with E-state index in [-0.39, 0.29) is 5.39 Å². The first-order valence-electron chi connectivity index (χ1n) is 13.7. The smallest absolute Gasteiger partial charge is 0.417 e. The van der Waals surface area contributed by atoms with E-state index in [0.29, 0.717) is 52.9 Å². The predicted molar refractivity (Wildman–Crippen MR) is 145 cm³/mol. The van der Waals surface area contributed by atoms with Crippen LogP contribution in [0.25, 0.3) is 32.9 Å². The lowest BCUT2D eigenvalue weighted by molar-refractivity contribution is -0.136. The van der Waals surface area contributed by atoms with E-state index in [1.807, 2.05) is 18.2 Å². The van der Waals surface area contributed by atoms with Crippen LogP contribution < -0.4 is 15.0 Å². The average Bonchev–Trinajstić information content (AvgIpc) is 3.63. The number of H-pyrrole nitrogens is 1. The van der Waals surface area contributed by atoms with Crippen molar-refractivity contribution in [3.05, 3.63) is 48.2 Å². The maximum absolute atomic E-state index is 13.9. The monoisotopic (exact) mass is 536 g/mol. The Morgan fingerprint density at radius 3 is 2.62 bits per heavy atom. The lowest BCUT2D eigenvalue weighted by Crippen LogP contribution is -2.51. The Hall–Kier alpha value is -3.37. The van der Waals surface area contributed by atoms with Crippen molar-refractivity contribution >= 4 is 27.6 Å². The van der Waals surface area contributed by atoms with Crippen LogP contribution in [0.15, 0.2) is 42.6 Å². The van der Waals surface area contributed by atoms with Gasteiger partial charge in [0.1, 0.15) is 12.4 Å². The molecule has 7 rings (SSSR count). The number of ether oxygens (including phenoxy) is 1. The summed E-state index contributed by atoms with van der Waals surface area (Å²) in [6.07, 6.45) is 1.70. The number of likely N-dealkylation sites (N-methyl/N-ethyl adjacent to an activating group) is 1. The average molecular weight is 537 g/mol. The number of aromatic amines is 1. The Morgan fingerprint density at radius 1 is 1.05 bits per heavy atom. The first-order chi connectivity index (χ1) is 18.8. The summed E-state index contributed by atoms with van der Waals surface area (Å²) in [5, 5.41) is 4.71. The highest BCUT2D eigenvalue weighted by molar-refractivity contribution is 6.01. The molecule has 0 aliphatic carbocycles. The third-order valence-corrected chi connectivity index (χ3v) is 8.57. The number of anilines is 1. The zero-order valence-corrected chi connectivity index (χ0v) is 21.8. The van der Waals surface area contributed by atoms with Crippen molar-refractivity contribution in [1.82, 2.24) is 25.2 Å². The number of halogens is 3. The summed E-state index contributed by atoms with van der Waals surface area (Å²) < 4.78 is 47.9. The van der Waals surface area contributed by atoms with E-state index < -0.39 is 11.7 Å². The van der Waals surface area contributed by atoms with Crippen molar-refractivity contribution in [2.24, 2.45) is 0 Å². The molecule has 204 valence electrons. The molecule has 0 radical (unpaired) electrons. The SMILES string of the molecule is CN1CCC[C@H]1COc1nc(N2C[C@H]3CC[C@@H](C2)N3)c2ccc(-c3c[nH]c4cccc(C(F)(F)F)c34)cc2n1. The maximum Gasteiger partial charge on any atom is 0.417 e. The number of piperazine rings is 1. The highest BCUT2D eigenvalue weighted by Crippen LogP contribution is 2.41. The molecule has 3 aliphatic heterocycles. The highest BCUT2D eigenvalue weighted by Gasteiger charge is 2.35. The van der Waals surface area contributed by atoms with E-state index in [0.717, 1.165) is 62.6 Å². The lowest BCUT2D eigenvalue weighted by Gasteiger charge is -2.34. The molecular weight excluding hydrogens is 505 g/mol. The van der Waals surface area contributed by atoms with Gasteiger partial charge in [0.15, 0.2) is 0 Å². The number of hydrogen-bond donors (Lipinski definition) is 2. The number of nitrogens with one attached hydrogen (secondary N) is 2. The Kier molecular flexibility index (Phi) is 5.93.